The van der Waals surface area contributed by atoms with E-state index in [1.807, 2.05) is 0 Å². The van der Waals surface area contributed by atoms with Crippen LogP contribution in [0.1, 0.15) is 0 Å². The van der Waals surface area contributed by atoms with Gasteiger partial charge in [0.1, 0.15) is 0 Å². The molecule has 4 N–H and O–H groups in total. The molecule has 6 heteroatoms. The topological polar surface area (TPSA) is 80.9 Å². The second-order valence-electron chi connectivity index (χ2n) is 0. The molecule has 1 radical (unpaired) electrons. The van der Waals surface area contributed by atoms with Gasteiger partial charge >= 0.3 is 0 Å². The van der Waals surface area contributed by atoms with Crippen molar-refractivity contribution in [2.75, 3.05) is 28.4 Å². The van der Waals surface area contributed by atoms with Gasteiger partial charge in [-0.05, 0) is 0 Å². The van der Waals surface area contributed by atoms with Gasteiger partial charge in [-0.25, -0.2) is 0 Å². The minimum absolute atomic E-state index is 0. The van der Waals surface area contributed by atoms with Crippen LogP contribution in [0.2, 0.25) is 0 Å². The number of aliphatic hydroxyl groups excluding tert-OH is 4. The van der Waals surface area contributed by atoms with E-state index in [0.717, 1.165) is 28.4 Å². The fourth-order valence-electron chi connectivity index (χ4n) is 0. The molecule has 0 saturated heterocycles. The van der Waals surface area contributed by atoms with Crippen molar-refractivity contribution in [3.63, 3.8) is 0 Å². The van der Waals surface area contributed by atoms with Gasteiger partial charge in [0.25, 0.3) is 0 Å². The Labute approximate surface area is 85.2 Å². The predicted octanol–water partition coefficient (Wildman–Crippen LogP) is -1.57. The number of hydrogen-bond donors (Lipinski definition) is 4. The molecule has 0 saturated carbocycles. The Bertz CT molecular complexity index is 17.2. The molecule has 0 aliphatic rings. The van der Waals surface area contributed by atoms with Crippen LogP contribution in [0.5, 0.6) is 0 Å². The van der Waals surface area contributed by atoms with Gasteiger partial charge in [-0.15, -0.1) is 0 Å². The fourth-order valence-corrected chi connectivity index (χ4v) is 0. The summed E-state index contributed by atoms with van der Waals surface area (Å²) in [6.07, 6.45) is 0. The summed E-state index contributed by atoms with van der Waals surface area (Å²) in [5, 5.41) is 28.0. The van der Waals surface area contributed by atoms with Crippen molar-refractivity contribution >= 4 is 0 Å². The van der Waals surface area contributed by atoms with Crippen molar-refractivity contribution in [1.29, 1.82) is 0 Å². The summed E-state index contributed by atoms with van der Waals surface area (Å²) in [6, 6.07) is 0. The molecule has 0 rings (SSSR count). The van der Waals surface area contributed by atoms with E-state index in [0.29, 0.717) is 0 Å². The maximum Gasteiger partial charge on any atom is 0.0319 e. The van der Waals surface area contributed by atoms with Gasteiger partial charge in [-0.1, -0.05) is 0 Å². The SMILES string of the molecule is CO.CO.CO.CO.[Co].[Zn]. The second-order valence-corrected chi connectivity index (χ2v) is 0. The molecule has 0 aromatic heterocycles. The third-order valence-electron chi connectivity index (χ3n) is 0. The normalized spacial score (nSPS) is 2.40. The zero-order valence-electron chi connectivity index (χ0n) is 6.83. The summed E-state index contributed by atoms with van der Waals surface area (Å²) in [5.41, 5.74) is 0. The first-order valence-electron chi connectivity index (χ1n) is 1.79. The van der Waals surface area contributed by atoms with Crippen LogP contribution in [0.25, 0.3) is 0 Å². The summed E-state index contributed by atoms with van der Waals surface area (Å²) >= 11 is 0. The van der Waals surface area contributed by atoms with Gasteiger partial charge in [0.15, 0.2) is 0 Å². The smallest absolute Gasteiger partial charge is 0.0319 e. The first kappa shape index (κ1) is 44.1. The quantitative estimate of drug-likeness (QED) is 0.393. The molecule has 0 amide bonds. The standard InChI is InChI=1S/4CH4O.Co.Zn/c4*1-2;;/h4*2H,1H3;;. The summed E-state index contributed by atoms with van der Waals surface area (Å²) in [5.74, 6) is 0. The van der Waals surface area contributed by atoms with Gasteiger partial charge in [0, 0.05) is 64.7 Å². The molecular weight excluding hydrogens is 236 g/mol. The molecule has 0 bridgehead atoms. The van der Waals surface area contributed by atoms with Gasteiger partial charge < -0.3 is 20.4 Å². The van der Waals surface area contributed by atoms with E-state index >= 15 is 0 Å². The Kier molecular flexibility index (Phi) is 3760. The van der Waals surface area contributed by atoms with E-state index in [4.69, 9.17) is 20.4 Å². The Morgan fingerprint density at radius 1 is 0.500 bits per heavy atom. The van der Waals surface area contributed by atoms with E-state index in [1.165, 1.54) is 0 Å². The minimum atomic E-state index is 0. The Morgan fingerprint density at radius 3 is 0.500 bits per heavy atom. The molecular formula is C4H16CoO4Zn. The van der Waals surface area contributed by atoms with Crippen LogP contribution in [-0.4, -0.2) is 48.9 Å². The number of rotatable bonds is 0. The van der Waals surface area contributed by atoms with Crippen molar-refractivity contribution in [2.24, 2.45) is 0 Å². The van der Waals surface area contributed by atoms with Crippen molar-refractivity contribution in [3.05, 3.63) is 0 Å². The Balaban J connectivity index is -0.00000000500. The monoisotopic (exact) mass is 251 g/mol. The molecule has 0 aliphatic heterocycles. The summed E-state index contributed by atoms with van der Waals surface area (Å²) in [7, 11) is 4.00. The molecule has 0 fully saturated rings. The van der Waals surface area contributed by atoms with E-state index in [1.54, 1.807) is 0 Å². The zero-order chi connectivity index (χ0) is 8.00. The van der Waals surface area contributed by atoms with Gasteiger partial charge in [0.2, 0.25) is 0 Å². The van der Waals surface area contributed by atoms with E-state index in [2.05, 4.69) is 0 Å². The van der Waals surface area contributed by atoms with Crippen LogP contribution >= 0.6 is 0 Å². The van der Waals surface area contributed by atoms with Crippen molar-refractivity contribution in [3.8, 4) is 0 Å². The van der Waals surface area contributed by atoms with Crippen LogP contribution in [0.4, 0.5) is 0 Å². The van der Waals surface area contributed by atoms with Gasteiger partial charge in [-0.2, -0.15) is 0 Å². The molecule has 4 nitrogen and oxygen atoms in total. The molecule has 0 aromatic carbocycles. The number of aliphatic hydroxyl groups is 4. The van der Waals surface area contributed by atoms with Crippen molar-refractivity contribution in [2.45, 2.75) is 0 Å². The largest absolute Gasteiger partial charge is 0.400 e. The molecule has 0 aromatic rings. The molecule has 0 atom stereocenters. The Hall–Kier alpha value is 0.970. The third-order valence-corrected chi connectivity index (χ3v) is 0. The maximum absolute atomic E-state index is 7.00. The molecule has 0 aliphatic carbocycles. The maximum atomic E-state index is 7.00. The third kappa shape index (κ3) is 606. The first-order valence-corrected chi connectivity index (χ1v) is 1.79. The van der Waals surface area contributed by atoms with E-state index in [-0.39, 0.29) is 36.3 Å². The minimum Gasteiger partial charge on any atom is -0.400 e. The van der Waals surface area contributed by atoms with Crippen molar-refractivity contribution < 1.29 is 56.7 Å². The van der Waals surface area contributed by atoms with Gasteiger partial charge in [0.05, 0.1) is 0 Å². The summed E-state index contributed by atoms with van der Waals surface area (Å²) in [4.78, 5) is 0. The van der Waals surface area contributed by atoms with Gasteiger partial charge in [-0.3, -0.25) is 0 Å². The van der Waals surface area contributed by atoms with Crippen LogP contribution in [-0.2, 0) is 36.3 Å². The summed E-state index contributed by atoms with van der Waals surface area (Å²) in [6.45, 7) is 0. The molecule has 67 valence electrons. The van der Waals surface area contributed by atoms with Crippen LogP contribution < -0.4 is 0 Å². The van der Waals surface area contributed by atoms with Crippen LogP contribution in [0, 0.1) is 0 Å². The molecule has 0 heterocycles. The van der Waals surface area contributed by atoms with E-state index < -0.39 is 0 Å². The van der Waals surface area contributed by atoms with Crippen LogP contribution in [0.15, 0.2) is 0 Å². The average Bonchev–Trinajstić information content (AvgIpc) is 2.03. The predicted molar refractivity (Wildman–Crippen MR) is 32.6 cm³/mol. The second kappa shape index (κ2) is 853. The molecule has 10 heavy (non-hydrogen) atoms. The van der Waals surface area contributed by atoms with Crippen molar-refractivity contribution in [1.82, 2.24) is 0 Å². The fraction of sp³-hybridized carbons (Fsp3) is 1.00. The molecule has 0 spiro atoms. The average molecular weight is 252 g/mol. The van der Waals surface area contributed by atoms with E-state index in [9.17, 15) is 0 Å². The summed E-state index contributed by atoms with van der Waals surface area (Å²) < 4.78 is 0. The first-order chi connectivity index (χ1) is 4.00. The Morgan fingerprint density at radius 2 is 0.500 bits per heavy atom. The van der Waals surface area contributed by atoms with Crippen LogP contribution in [0.3, 0.4) is 0 Å². The molecule has 0 unspecified atom stereocenters. The zero-order valence-corrected chi connectivity index (χ0v) is 10.8. The number of hydrogen-bond acceptors (Lipinski definition) is 4.